The lowest BCUT2D eigenvalue weighted by Crippen LogP contribution is -2.37. The quantitative estimate of drug-likeness (QED) is 0.0624. The molecule has 2 rings (SSSR count). The molecular weight excluding hydrogens is 659 g/mol. The van der Waals surface area contributed by atoms with Crippen LogP contribution in [-0.4, -0.2) is 45.7 Å². The number of benzene rings is 2. The number of ketones is 1. The third kappa shape index (κ3) is 18.7. The van der Waals surface area contributed by atoms with Gasteiger partial charge < -0.3 is 15.2 Å². The molecule has 0 aliphatic rings. The van der Waals surface area contributed by atoms with Gasteiger partial charge in [0.05, 0.1) is 26.6 Å². The maximum absolute atomic E-state index is 13.6. The lowest BCUT2D eigenvalue weighted by Gasteiger charge is -2.32. The van der Waals surface area contributed by atoms with Crippen LogP contribution in [0.4, 0.5) is 0 Å². The predicted octanol–water partition coefficient (Wildman–Crippen LogP) is 11.4. The average molecular weight is 736 g/mol. The van der Waals surface area contributed by atoms with Crippen molar-refractivity contribution in [3.05, 3.63) is 71.8 Å². The van der Waals surface area contributed by atoms with Gasteiger partial charge in [-0.3, -0.25) is 9.59 Å². The van der Waals surface area contributed by atoms with Gasteiger partial charge in [-0.25, -0.2) is 0 Å². The number of rotatable bonds is 25. The Morgan fingerprint density at radius 3 is 1.85 bits per heavy atom. The van der Waals surface area contributed by atoms with Crippen LogP contribution in [0, 0.1) is 34.5 Å². The third-order valence-corrected chi connectivity index (χ3v) is 16.9. The molecule has 52 heavy (non-hydrogen) atoms. The van der Waals surface area contributed by atoms with Crippen LogP contribution in [0.25, 0.3) is 0 Å². The fraction of sp³-hybridized carbons (Fsp3) is 0.696. The highest BCUT2D eigenvalue weighted by atomic mass is 28.3. The maximum Gasteiger partial charge on any atom is 0.309 e. The minimum absolute atomic E-state index is 0.0913. The summed E-state index contributed by atoms with van der Waals surface area (Å²) in [4.78, 5) is 26.8. The van der Waals surface area contributed by atoms with Crippen molar-refractivity contribution in [2.75, 3.05) is 19.8 Å². The first-order valence-corrected chi connectivity index (χ1v) is 23.4. The zero-order valence-electron chi connectivity index (χ0n) is 35.0. The number of nitrogens with two attached hydrogens (primary N) is 1. The van der Waals surface area contributed by atoms with Crippen molar-refractivity contribution < 1.29 is 19.1 Å². The Labute approximate surface area is 320 Å². The van der Waals surface area contributed by atoms with Crippen molar-refractivity contribution in [3.8, 4) is 0 Å². The van der Waals surface area contributed by atoms with Crippen LogP contribution >= 0.6 is 0 Å². The smallest absolute Gasteiger partial charge is 0.309 e. The lowest BCUT2D eigenvalue weighted by molar-refractivity contribution is -0.149. The van der Waals surface area contributed by atoms with Gasteiger partial charge >= 0.3 is 5.97 Å². The maximum atomic E-state index is 13.6. The number of Topliss-reactive ketones (excluding diaryl/α,β-unsaturated/α-hetero) is 1. The van der Waals surface area contributed by atoms with Crippen molar-refractivity contribution >= 4 is 19.8 Å². The minimum atomic E-state index is -1.64. The molecular formula is C46H77NO4Si. The van der Waals surface area contributed by atoms with Crippen molar-refractivity contribution in [1.29, 1.82) is 0 Å². The van der Waals surface area contributed by atoms with E-state index in [0.29, 0.717) is 42.1 Å². The molecule has 0 fully saturated rings. The van der Waals surface area contributed by atoms with E-state index >= 15 is 0 Å². The monoisotopic (exact) mass is 736 g/mol. The summed E-state index contributed by atoms with van der Waals surface area (Å²) in [5.74, 6) is 1.03. The fourth-order valence-corrected chi connectivity index (χ4v) is 11.8. The second kappa shape index (κ2) is 22.8. The van der Waals surface area contributed by atoms with Crippen LogP contribution in [0.5, 0.6) is 0 Å². The molecule has 0 amide bonds. The molecule has 0 aliphatic carbocycles. The summed E-state index contributed by atoms with van der Waals surface area (Å²) in [6, 6.07) is 23.5. The topological polar surface area (TPSA) is 78.6 Å². The SMILES string of the molecule is CC[Si](CC)(CCCOCC(CCC(C)CC(C)(C)C)C(C)CC(C)(C)C)CCOC(=O)[C@@H](CC(=O)[C@@H](N)Cc1ccccc1)Cc1ccccc1. The van der Waals surface area contributed by atoms with E-state index in [1.54, 1.807) is 0 Å². The fourth-order valence-electron chi connectivity index (χ4n) is 8.18. The molecule has 5 atom stereocenters. The van der Waals surface area contributed by atoms with Crippen molar-refractivity contribution in [2.45, 2.75) is 151 Å². The Hall–Kier alpha value is -2.28. The van der Waals surface area contributed by atoms with Crippen LogP contribution in [0.2, 0.25) is 24.2 Å². The lowest BCUT2D eigenvalue weighted by atomic mass is 9.76. The summed E-state index contributed by atoms with van der Waals surface area (Å²) in [5, 5.41) is 0. The van der Waals surface area contributed by atoms with E-state index in [0.717, 1.165) is 54.8 Å². The Balaban J connectivity index is 1.94. The van der Waals surface area contributed by atoms with E-state index in [2.05, 4.69) is 69.2 Å². The Morgan fingerprint density at radius 2 is 1.31 bits per heavy atom. The molecule has 0 saturated heterocycles. The molecule has 2 aromatic carbocycles. The average Bonchev–Trinajstić information content (AvgIpc) is 3.07. The standard InChI is InChI=1S/C46H77NO4Si/c1-11-52(12-2,28-19-26-50-35-40(37(4)34-46(8,9)10)25-24-36(3)33-45(5,6)7)29-27-51-44(49)41(30-38-20-15-13-16-21-38)32-43(48)42(47)31-39-22-17-14-18-23-39/h13-18,20-23,36-37,40-42H,11-12,19,24-35,47H2,1-10H3/t36?,37?,40?,41-,42+/m1/s1. The molecule has 0 radical (unpaired) electrons. The second-order valence-electron chi connectivity index (χ2n) is 18.6. The zero-order valence-corrected chi connectivity index (χ0v) is 36.0. The van der Waals surface area contributed by atoms with Gasteiger partial charge in [-0.15, -0.1) is 0 Å². The van der Waals surface area contributed by atoms with E-state index in [9.17, 15) is 9.59 Å². The number of carbonyl (C=O) groups is 2. The number of hydrogen-bond donors (Lipinski definition) is 1. The van der Waals surface area contributed by atoms with Gasteiger partial charge in [-0.05, 0) is 84.3 Å². The first-order valence-electron chi connectivity index (χ1n) is 20.6. The molecule has 0 aliphatic heterocycles. The molecule has 0 bridgehead atoms. The van der Waals surface area contributed by atoms with E-state index in [1.807, 2.05) is 60.7 Å². The number of ether oxygens (including phenoxy) is 2. The van der Waals surface area contributed by atoms with Crippen LogP contribution in [0.15, 0.2) is 60.7 Å². The van der Waals surface area contributed by atoms with E-state index < -0.39 is 20.0 Å². The normalized spacial score (nSPS) is 15.4. The van der Waals surface area contributed by atoms with Gasteiger partial charge in [0.2, 0.25) is 0 Å². The van der Waals surface area contributed by atoms with Crippen LogP contribution in [-0.2, 0) is 31.9 Å². The van der Waals surface area contributed by atoms with Crippen molar-refractivity contribution in [3.63, 3.8) is 0 Å². The molecule has 2 aromatic rings. The Kier molecular flexibility index (Phi) is 20.1. The summed E-state index contributed by atoms with van der Waals surface area (Å²) in [5.41, 5.74) is 9.08. The molecule has 0 saturated carbocycles. The molecule has 5 nitrogen and oxygen atoms in total. The van der Waals surface area contributed by atoms with E-state index in [1.165, 1.54) is 31.7 Å². The van der Waals surface area contributed by atoms with E-state index in [4.69, 9.17) is 15.2 Å². The van der Waals surface area contributed by atoms with Crippen molar-refractivity contribution in [1.82, 2.24) is 0 Å². The summed E-state index contributed by atoms with van der Waals surface area (Å²) in [7, 11) is -1.64. The Bertz CT molecular complexity index is 1260. The number of esters is 1. The zero-order chi connectivity index (χ0) is 38.8. The first kappa shape index (κ1) is 45.9. The summed E-state index contributed by atoms with van der Waals surface area (Å²) < 4.78 is 12.5. The molecule has 0 aromatic heterocycles. The molecule has 294 valence electrons. The molecule has 0 heterocycles. The van der Waals surface area contributed by atoms with Gasteiger partial charge in [0.25, 0.3) is 0 Å². The molecule has 3 unspecified atom stereocenters. The summed E-state index contributed by atoms with van der Waals surface area (Å²) >= 11 is 0. The number of carbonyl (C=O) groups excluding carboxylic acids is 2. The Morgan fingerprint density at radius 1 is 0.750 bits per heavy atom. The second-order valence-corrected chi connectivity index (χ2v) is 24.0. The number of hydrogen-bond acceptors (Lipinski definition) is 5. The van der Waals surface area contributed by atoms with Crippen LogP contribution in [0.3, 0.4) is 0 Å². The third-order valence-electron chi connectivity index (χ3n) is 11.3. The highest BCUT2D eigenvalue weighted by Crippen LogP contribution is 2.34. The highest BCUT2D eigenvalue weighted by Gasteiger charge is 2.31. The largest absolute Gasteiger partial charge is 0.466 e. The van der Waals surface area contributed by atoms with E-state index in [-0.39, 0.29) is 18.2 Å². The predicted molar refractivity (Wildman–Crippen MR) is 223 cm³/mol. The van der Waals surface area contributed by atoms with Gasteiger partial charge in [0, 0.05) is 19.6 Å². The van der Waals surface area contributed by atoms with Gasteiger partial charge in [-0.2, -0.15) is 0 Å². The molecule has 6 heteroatoms. The molecule has 0 spiro atoms. The highest BCUT2D eigenvalue weighted by molar-refractivity contribution is 6.79. The summed E-state index contributed by atoms with van der Waals surface area (Å²) in [6.45, 7) is 25.6. The molecule has 2 N–H and O–H groups in total. The minimum Gasteiger partial charge on any atom is -0.466 e. The first-order chi connectivity index (χ1) is 24.5. The summed E-state index contributed by atoms with van der Waals surface area (Å²) in [6.07, 6.45) is 7.07. The van der Waals surface area contributed by atoms with Crippen LogP contribution < -0.4 is 5.73 Å². The van der Waals surface area contributed by atoms with Gasteiger partial charge in [0.1, 0.15) is 0 Å². The van der Waals surface area contributed by atoms with Gasteiger partial charge in [0.15, 0.2) is 5.78 Å². The van der Waals surface area contributed by atoms with Crippen molar-refractivity contribution in [2.24, 2.45) is 40.2 Å². The van der Waals surface area contributed by atoms with Crippen LogP contribution in [0.1, 0.15) is 119 Å². The van der Waals surface area contributed by atoms with Gasteiger partial charge in [-0.1, -0.05) is 154 Å².